The Morgan fingerprint density at radius 3 is 2.21 bits per heavy atom. The van der Waals surface area contributed by atoms with Crippen LogP contribution in [0.15, 0.2) is 76.2 Å². The lowest BCUT2D eigenvalue weighted by atomic mass is 10.1. The molecule has 3 N–H and O–H groups in total. The minimum absolute atomic E-state index is 0.0899. The molecule has 3 rings (SSSR count). The van der Waals surface area contributed by atoms with Gasteiger partial charge in [-0.3, -0.25) is 4.90 Å². The lowest BCUT2D eigenvalue weighted by Gasteiger charge is -2.23. The van der Waals surface area contributed by atoms with Crippen molar-refractivity contribution in [3.8, 4) is 5.75 Å². The van der Waals surface area contributed by atoms with Crippen molar-refractivity contribution in [3.05, 3.63) is 83.8 Å². The number of primary sulfonamides is 1. The smallest absolute Gasteiger partial charge is 0.347 e. The largest absolute Gasteiger partial charge is 0.478 e. The zero-order valence-electron chi connectivity index (χ0n) is 18.6. The third kappa shape index (κ3) is 7.18. The van der Waals surface area contributed by atoms with Crippen LogP contribution in [0.25, 0.3) is 0 Å². The fourth-order valence-corrected chi connectivity index (χ4v) is 3.74. The molecule has 0 bridgehead atoms. The fourth-order valence-electron chi connectivity index (χ4n) is 3.23. The van der Waals surface area contributed by atoms with Gasteiger partial charge >= 0.3 is 5.97 Å². The molecule has 0 radical (unpaired) electrons. The van der Waals surface area contributed by atoms with Crippen LogP contribution in [0, 0.1) is 0 Å². The summed E-state index contributed by atoms with van der Waals surface area (Å²) in [5.41, 5.74) is 0.712. The highest BCUT2D eigenvalue weighted by molar-refractivity contribution is 7.89. The Hall–Kier alpha value is -3.14. The van der Waals surface area contributed by atoms with Crippen LogP contribution < -0.4 is 9.88 Å². The number of aliphatic carboxylic acids is 1. The second-order valence-electron chi connectivity index (χ2n) is 8.29. The number of rotatable bonds is 11. The molecule has 1 heterocycles. The van der Waals surface area contributed by atoms with Gasteiger partial charge in [0.25, 0.3) is 0 Å². The number of hydrogen-bond donors (Lipinski definition) is 2. The van der Waals surface area contributed by atoms with Crippen LogP contribution in [0.4, 0.5) is 0 Å². The maximum absolute atomic E-state index is 11.4. The summed E-state index contributed by atoms with van der Waals surface area (Å²) in [6.45, 7) is 4.96. The number of furan rings is 1. The summed E-state index contributed by atoms with van der Waals surface area (Å²) in [4.78, 5) is 13.6. The van der Waals surface area contributed by atoms with Crippen molar-refractivity contribution in [1.29, 1.82) is 0 Å². The molecule has 9 heteroatoms. The van der Waals surface area contributed by atoms with Crippen molar-refractivity contribution in [1.82, 2.24) is 4.90 Å². The van der Waals surface area contributed by atoms with Crippen molar-refractivity contribution in [2.24, 2.45) is 5.14 Å². The third-order valence-electron chi connectivity index (χ3n) is 5.15. The number of carboxylic acids is 1. The van der Waals surface area contributed by atoms with E-state index in [9.17, 15) is 18.3 Å². The molecule has 0 amide bonds. The van der Waals surface area contributed by atoms with Gasteiger partial charge in [0.05, 0.1) is 17.7 Å². The molecule has 0 aliphatic carbocycles. The molecular formula is C24H28N2O6S. The molecule has 3 aromatic rings. The number of hydrogen-bond acceptors (Lipinski definition) is 6. The average Bonchev–Trinajstić information content (AvgIpc) is 3.26. The maximum Gasteiger partial charge on any atom is 0.347 e. The van der Waals surface area contributed by atoms with Gasteiger partial charge in [-0.2, -0.15) is 0 Å². The summed E-state index contributed by atoms with van der Waals surface area (Å²) in [5, 5.41) is 14.4. The van der Waals surface area contributed by atoms with Gasteiger partial charge in [0.2, 0.25) is 10.0 Å². The van der Waals surface area contributed by atoms with E-state index in [0.717, 1.165) is 16.9 Å². The molecule has 0 spiro atoms. The van der Waals surface area contributed by atoms with Gasteiger partial charge in [-0.1, -0.05) is 24.3 Å². The number of benzene rings is 2. The molecule has 2 aromatic carbocycles. The summed E-state index contributed by atoms with van der Waals surface area (Å²) >= 11 is 0. The van der Waals surface area contributed by atoms with Gasteiger partial charge in [-0.15, -0.1) is 0 Å². The van der Waals surface area contributed by atoms with E-state index in [1.807, 2.05) is 24.3 Å². The number of nitrogens with zero attached hydrogens (tertiary/aromatic N) is 1. The molecule has 0 unspecified atom stereocenters. The molecule has 0 fully saturated rings. The minimum atomic E-state index is -3.71. The van der Waals surface area contributed by atoms with Gasteiger partial charge in [0.15, 0.2) is 5.60 Å². The van der Waals surface area contributed by atoms with Crippen LogP contribution >= 0.6 is 0 Å². The van der Waals surface area contributed by atoms with E-state index in [4.69, 9.17) is 14.3 Å². The predicted octanol–water partition coefficient (Wildman–Crippen LogP) is 3.41. The van der Waals surface area contributed by atoms with Gasteiger partial charge in [-0.05, 0) is 67.8 Å². The van der Waals surface area contributed by atoms with Gasteiger partial charge in [0, 0.05) is 13.1 Å². The summed E-state index contributed by atoms with van der Waals surface area (Å²) in [5.74, 6) is 0.287. The molecule has 0 atom stereocenters. The van der Waals surface area contributed by atoms with Crippen molar-refractivity contribution in [2.75, 3.05) is 6.54 Å². The Labute approximate surface area is 193 Å². The van der Waals surface area contributed by atoms with Crippen LogP contribution in [-0.2, 0) is 34.3 Å². The van der Waals surface area contributed by atoms with Crippen LogP contribution in [0.3, 0.4) is 0 Å². The van der Waals surface area contributed by atoms with Crippen LogP contribution in [0.2, 0.25) is 0 Å². The number of carbonyl (C=O) groups is 1. The third-order valence-corrected chi connectivity index (χ3v) is 6.07. The van der Waals surface area contributed by atoms with Crippen LogP contribution in [-0.4, -0.2) is 36.5 Å². The second kappa shape index (κ2) is 10.2. The highest BCUT2D eigenvalue weighted by atomic mass is 32.2. The Morgan fingerprint density at radius 2 is 1.67 bits per heavy atom. The fraction of sp³-hybridized carbons (Fsp3) is 0.292. The van der Waals surface area contributed by atoms with E-state index < -0.39 is 21.6 Å². The van der Waals surface area contributed by atoms with Crippen LogP contribution in [0.1, 0.15) is 30.7 Å². The molecule has 0 aliphatic heterocycles. The Bertz CT molecular complexity index is 1150. The molecule has 0 aliphatic rings. The number of ether oxygens (including phenoxy) is 1. The molecule has 176 valence electrons. The molecular weight excluding hydrogens is 444 g/mol. The quantitative estimate of drug-likeness (QED) is 0.438. The second-order valence-corrected chi connectivity index (χ2v) is 9.85. The maximum atomic E-state index is 11.4. The van der Waals surface area contributed by atoms with E-state index >= 15 is 0 Å². The SMILES string of the molecule is CC(C)(Oc1ccc(CN(CCc2ccc(S(N)(=O)=O)cc2)Cc2ccco2)cc1)C(=O)O. The lowest BCUT2D eigenvalue weighted by molar-refractivity contribution is -0.152. The van der Waals surface area contributed by atoms with E-state index in [1.54, 1.807) is 30.5 Å². The normalized spacial score (nSPS) is 12.1. The van der Waals surface area contributed by atoms with Crippen molar-refractivity contribution < 1.29 is 27.5 Å². The number of carboxylic acid groups (broad SMARTS) is 1. The monoisotopic (exact) mass is 472 g/mol. The zero-order chi connectivity index (χ0) is 24.1. The number of sulfonamides is 1. The Kier molecular flexibility index (Phi) is 7.57. The van der Waals surface area contributed by atoms with Crippen molar-refractivity contribution in [3.63, 3.8) is 0 Å². The first-order valence-corrected chi connectivity index (χ1v) is 12.0. The van der Waals surface area contributed by atoms with E-state index in [1.165, 1.54) is 26.0 Å². The van der Waals surface area contributed by atoms with Crippen molar-refractivity contribution in [2.45, 2.75) is 43.9 Å². The van der Waals surface area contributed by atoms with Gasteiger partial charge in [-0.25, -0.2) is 18.4 Å². The highest BCUT2D eigenvalue weighted by Crippen LogP contribution is 2.21. The summed E-state index contributed by atoms with van der Waals surface area (Å²) < 4.78 is 34.0. The summed E-state index contributed by atoms with van der Waals surface area (Å²) in [7, 11) is -3.71. The minimum Gasteiger partial charge on any atom is -0.478 e. The average molecular weight is 473 g/mol. The molecule has 8 nitrogen and oxygen atoms in total. The molecule has 0 saturated carbocycles. The molecule has 0 saturated heterocycles. The molecule has 33 heavy (non-hydrogen) atoms. The lowest BCUT2D eigenvalue weighted by Crippen LogP contribution is -2.37. The number of nitrogens with two attached hydrogens (primary N) is 1. The highest BCUT2D eigenvalue weighted by Gasteiger charge is 2.29. The van der Waals surface area contributed by atoms with E-state index in [-0.39, 0.29) is 4.90 Å². The standard InChI is InChI=1S/C24H28N2O6S/c1-24(2,23(27)28)32-20-9-5-19(6-10-20)16-26(17-21-4-3-15-31-21)14-13-18-7-11-22(12-8-18)33(25,29)30/h3-12,15H,13-14,16-17H2,1-2H3,(H,27,28)(H2,25,29,30). The molecule has 1 aromatic heterocycles. The van der Waals surface area contributed by atoms with Crippen molar-refractivity contribution >= 4 is 16.0 Å². The topological polar surface area (TPSA) is 123 Å². The summed E-state index contributed by atoms with van der Waals surface area (Å²) in [6.07, 6.45) is 2.34. The van der Waals surface area contributed by atoms with Gasteiger partial charge in [0.1, 0.15) is 11.5 Å². The van der Waals surface area contributed by atoms with Gasteiger partial charge < -0.3 is 14.3 Å². The van der Waals surface area contributed by atoms with E-state index in [0.29, 0.717) is 31.8 Å². The Morgan fingerprint density at radius 1 is 1.03 bits per heavy atom. The van der Waals surface area contributed by atoms with E-state index in [2.05, 4.69) is 4.90 Å². The Balaban J connectivity index is 1.67. The van der Waals surface area contributed by atoms with Crippen LogP contribution in [0.5, 0.6) is 5.75 Å². The predicted molar refractivity (Wildman–Crippen MR) is 123 cm³/mol. The zero-order valence-corrected chi connectivity index (χ0v) is 19.4. The first-order chi connectivity index (χ1) is 15.5. The summed E-state index contributed by atoms with van der Waals surface area (Å²) in [6, 6.07) is 17.6. The first kappa shape index (κ1) is 24.5. The first-order valence-electron chi connectivity index (χ1n) is 10.4.